The molecule has 170 valence electrons. The van der Waals surface area contributed by atoms with E-state index in [-0.39, 0.29) is 0 Å². The minimum Gasteiger partial charge on any atom is -0.496 e. The number of nitrogens with one attached hydrogen (secondary N) is 2. The molecule has 2 N–H and O–H groups in total. The number of H-pyrrole nitrogens is 1. The first-order chi connectivity index (χ1) is 16.6. The van der Waals surface area contributed by atoms with E-state index in [1.165, 1.54) is 19.5 Å². The topological polar surface area (TPSA) is 114 Å². The van der Waals surface area contributed by atoms with E-state index in [4.69, 9.17) is 9.47 Å². The van der Waals surface area contributed by atoms with Crippen LogP contribution >= 0.6 is 0 Å². The molecule has 0 fully saturated rings. The first-order valence-electron chi connectivity index (χ1n) is 10.5. The summed E-state index contributed by atoms with van der Waals surface area (Å²) in [6.45, 7) is 0.776. The lowest BCUT2D eigenvalue weighted by molar-refractivity contribution is 0.401. The maximum absolute atomic E-state index is 14.6. The van der Waals surface area contributed by atoms with Crippen LogP contribution in [0.5, 0.6) is 11.6 Å². The molecular weight excluding hydrogens is 437 g/mol. The third-order valence-corrected chi connectivity index (χ3v) is 5.63. The molecule has 5 aromatic rings. The Morgan fingerprint density at radius 3 is 2.76 bits per heavy atom. The van der Waals surface area contributed by atoms with Gasteiger partial charge in [-0.25, -0.2) is 14.4 Å². The van der Waals surface area contributed by atoms with Crippen LogP contribution in [0.1, 0.15) is 5.69 Å². The lowest BCUT2D eigenvalue weighted by Gasteiger charge is -2.11. The van der Waals surface area contributed by atoms with E-state index in [0.717, 1.165) is 22.2 Å². The smallest absolute Gasteiger partial charge is 0.240 e. The van der Waals surface area contributed by atoms with Crippen LogP contribution in [0.2, 0.25) is 0 Å². The van der Waals surface area contributed by atoms with Crippen LogP contribution < -0.4 is 14.8 Å². The van der Waals surface area contributed by atoms with Crippen molar-refractivity contribution in [3.8, 4) is 29.0 Å². The number of methoxy groups -OCH3 is 2. The van der Waals surface area contributed by atoms with Gasteiger partial charge in [-0.3, -0.25) is 5.10 Å². The van der Waals surface area contributed by atoms with Crippen LogP contribution in [-0.4, -0.2) is 45.5 Å². The van der Waals surface area contributed by atoms with Gasteiger partial charge in [0.1, 0.15) is 35.5 Å². The molecule has 0 saturated heterocycles. The quantitative estimate of drug-likeness (QED) is 0.378. The minimum absolute atomic E-state index is 0.337. The number of ether oxygens (including phenoxy) is 2. The molecule has 0 aliphatic carbocycles. The van der Waals surface area contributed by atoms with Gasteiger partial charge in [0.2, 0.25) is 5.88 Å². The van der Waals surface area contributed by atoms with Gasteiger partial charge in [0.05, 0.1) is 36.3 Å². The van der Waals surface area contributed by atoms with Crippen LogP contribution in [0.4, 0.5) is 10.2 Å². The number of benzene rings is 2. The fraction of sp³-hybridized carbons (Fsp3) is 0.167. The molecule has 0 aliphatic rings. The van der Waals surface area contributed by atoms with Crippen molar-refractivity contribution in [2.24, 2.45) is 0 Å². The Hall–Kier alpha value is -4.65. The van der Waals surface area contributed by atoms with Gasteiger partial charge >= 0.3 is 0 Å². The highest BCUT2D eigenvalue weighted by molar-refractivity contribution is 5.89. The Kier molecular flexibility index (Phi) is 5.43. The van der Waals surface area contributed by atoms with Crippen molar-refractivity contribution in [1.82, 2.24) is 24.7 Å². The van der Waals surface area contributed by atoms with E-state index in [0.29, 0.717) is 47.1 Å². The number of hydrogen-bond acceptors (Lipinski definition) is 7. The summed E-state index contributed by atoms with van der Waals surface area (Å²) in [5, 5.41) is 21.3. The predicted molar refractivity (Wildman–Crippen MR) is 125 cm³/mol. The Morgan fingerprint density at radius 2 is 1.97 bits per heavy atom. The summed E-state index contributed by atoms with van der Waals surface area (Å²) in [5.74, 6) is 1.26. The molecule has 0 atom stereocenters. The van der Waals surface area contributed by atoms with Crippen molar-refractivity contribution in [2.75, 3.05) is 26.1 Å². The monoisotopic (exact) mass is 457 g/mol. The SMILES string of the molecule is COc1n[nH]c2cc(-c3cc(NCCn4c(C#N)cc5c(OC)ccc(F)c54)ncn3)ccc12. The summed E-state index contributed by atoms with van der Waals surface area (Å²) in [4.78, 5) is 8.65. The summed E-state index contributed by atoms with van der Waals surface area (Å²) in [6.07, 6.45) is 1.48. The van der Waals surface area contributed by atoms with E-state index < -0.39 is 5.82 Å². The van der Waals surface area contributed by atoms with E-state index in [9.17, 15) is 9.65 Å². The van der Waals surface area contributed by atoms with Gasteiger partial charge in [0, 0.05) is 30.1 Å². The first-order valence-corrected chi connectivity index (χ1v) is 10.5. The maximum Gasteiger partial charge on any atom is 0.240 e. The van der Waals surface area contributed by atoms with Crippen LogP contribution in [-0.2, 0) is 6.54 Å². The zero-order valence-electron chi connectivity index (χ0n) is 18.5. The third-order valence-electron chi connectivity index (χ3n) is 5.63. The molecule has 0 saturated carbocycles. The van der Waals surface area contributed by atoms with Crippen LogP contribution in [0.3, 0.4) is 0 Å². The van der Waals surface area contributed by atoms with Crippen molar-refractivity contribution >= 4 is 27.6 Å². The molecule has 2 aromatic carbocycles. The van der Waals surface area contributed by atoms with Crippen molar-refractivity contribution in [1.29, 1.82) is 5.26 Å². The Labute approximate surface area is 193 Å². The number of hydrogen-bond donors (Lipinski definition) is 2. The summed E-state index contributed by atoms with van der Waals surface area (Å²) in [6, 6.07) is 14.3. The fourth-order valence-corrected chi connectivity index (χ4v) is 4.03. The van der Waals surface area contributed by atoms with Gasteiger partial charge in [0.25, 0.3) is 0 Å². The lowest BCUT2D eigenvalue weighted by atomic mass is 10.1. The van der Waals surface area contributed by atoms with Gasteiger partial charge in [-0.2, -0.15) is 5.26 Å². The average Bonchev–Trinajstić information content (AvgIpc) is 3.46. The maximum atomic E-state index is 14.6. The fourth-order valence-electron chi connectivity index (χ4n) is 4.03. The highest BCUT2D eigenvalue weighted by Crippen LogP contribution is 2.31. The molecule has 5 rings (SSSR count). The summed E-state index contributed by atoms with van der Waals surface area (Å²) < 4.78 is 26.8. The van der Waals surface area contributed by atoms with Crippen LogP contribution in [0.25, 0.3) is 33.1 Å². The second-order valence-corrected chi connectivity index (χ2v) is 7.51. The number of rotatable bonds is 7. The normalized spacial score (nSPS) is 11.0. The number of nitriles is 1. The van der Waals surface area contributed by atoms with Crippen LogP contribution in [0, 0.1) is 17.1 Å². The van der Waals surface area contributed by atoms with E-state index in [1.807, 2.05) is 24.3 Å². The first kappa shape index (κ1) is 21.2. The minimum atomic E-state index is -0.410. The largest absolute Gasteiger partial charge is 0.496 e. The van der Waals surface area contributed by atoms with Gasteiger partial charge < -0.3 is 19.4 Å². The second kappa shape index (κ2) is 8.71. The predicted octanol–water partition coefficient (Wildman–Crippen LogP) is 4.11. The average molecular weight is 457 g/mol. The molecule has 0 amide bonds. The van der Waals surface area contributed by atoms with Crippen molar-refractivity contribution in [2.45, 2.75) is 6.54 Å². The molecule has 9 nitrogen and oxygen atoms in total. The summed E-state index contributed by atoms with van der Waals surface area (Å²) in [5.41, 5.74) is 3.15. The zero-order valence-corrected chi connectivity index (χ0v) is 18.5. The highest BCUT2D eigenvalue weighted by atomic mass is 19.1. The Bertz CT molecular complexity index is 1550. The number of anilines is 1. The molecule has 3 aromatic heterocycles. The lowest BCUT2D eigenvalue weighted by Crippen LogP contribution is -2.13. The van der Waals surface area contributed by atoms with Crippen molar-refractivity contribution < 1.29 is 13.9 Å². The highest BCUT2D eigenvalue weighted by Gasteiger charge is 2.16. The van der Waals surface area contributed by atoms with E-state index >= 15 is 0 Å². The third kappa shape index (κ3) is 3.63. The molecule has 0 bridgehead atoms. The molecule has 3 heterocycles. The van der Waals surface area contributed by atoms with Crippen molar-refractivity contribution in [3.63, 3.8) is 0 Å². The number of aromatic amines is 1. The summed E-state index contributed by atoms with van der Waals surface area (Å²) >= 11 is 0. The molecule has 0 aliphatic heterocycles. The molecule has 0 radical (unpaired) electrons. The van der Waals surface area contributed by atoms with Gasteiger partial charge in [0.15, 0.2) is 0 Å². The Morgan fingerprint density at radius 1 is 1.09 bits per heavy atom. The van der Waals surface area contributed by atoms with E-state index in [2.05, 4.69) is 31.6 Å². The van der Waals surface area contributed by atoms with Gasteiger partial charge in [-0.05, 0) is 30.3 Å². The molecule has 34 heavy (non-hydrogen) atoms. The van der Waals surface area contributed by atoms with Gasteiger partial charge in [-0.15, -0.1) is 5.10 Å². The number of halogens is 1. The molecule has 10 heteroatoms. The molecule has 0 spiro atoms. The second-order valence-electron chi connectivity index (χ2n) is 7.51. The molecular formula is C24H20FN7O2. The number of aromatic nitrogens is 5. The molecule has 0 unspecified atom stereocenters. The van der Waals surface area contributed by atoms with Gasteiger partial charge in [-0.1, -0.05) is 6.07 Å². The number of fused-ring (bicyclic) bond motifs is 2. The van der Waals surface area contributed by atoms with E-state index in [1.54, 1.807) is 23.8 Å². The number of nitrogens with zero attached hydrogens (tertiary/aromatic N) is 5. The zero-order chi connectivity index (χ0) is 23.7. The van der Waals surface area contributed by atoms with Crippen LogP contribution in [0.15, 0.2) is 48.8 Å². The standard InChI is InChI=1S/C24H20FN7O2/c1-33-21-6-5-18(25)23-17(21)10-15(12-26)32(23)8-7-27-22-11-19(28-13-29-22)14-3-4-16-20(9-14)30-31-24(16)34-2/h3-6,9-11,13H,7-8H2,1-2H3,(H,30,31)(H,27,28,29). The van der Waals surface area contributed by atoms with Crippen molar-refractivity contribution in [3.05, 3.63) is 60.3 Å². The Balaban J connectivity index is 1.37. The summed E-state index contributed by atoms with van der Waals surface area (Å²) in [7, 11) is 3.10.